The van der Waals surface area contributed by atoms with Crippen molar-refractivity contribution in [2.24, 2.45) is 0 Å². The Morgan fingerprint density at radius 2 is 2.03 bits per heavy atom. The van der Waals surface area contributed by atoms with Gasteiger partial charge in [-0.15, -0.1) is 0 Å². The van der Waals surface area contributed by atoms with Crippen LogP contribution in [0.5, 0.6) is 0 Å². The molecule has 1 aliphatic heterocycles. The van der Waals surface area contributed by atoms with Crippen molar-refractivity contribution in [3.05, 3.63) is 59.4 Å². The Kier molecular flexibility index (Phi) is 5.58. The summed E-state index contributed by atoms with van der Waals surface area (Å²) in [6, 6.07) is 11.3. The maximum atomic E-state index is 12.9. The van der Waals surface area contributed by atoms with E-state index in [0.29, 0.717) is 18.2 Å². The van der Waals surface area contributed by atoms with Gasteiger partial charge >= 0.3 is 0 Å². The van der Waals surface area contributed by atoms with Crippen LogP contribution in [0.3, 0.4) is 0 Å². The molecule has 0 spiro atoms. The average Bonchev–Trinajstić information content (AvgIpc) is 3.36. The summed E-state index contributed by atoms with van der Waals surface area (Å²) < 4.78 is 7.23. The molecule has 0 unspecified atom stereocenters. The second-order valence-corrected chi connectivity index (χ2v) is 8.39. The highest BCUT2D eigenvalue weighted by Gasteiger charge is 2.27. The molecule has 7 heteroatoms. The molecule has 0 amide bonds. The quantitative estimate of drug-likeness (QED) is 0.606. The molecule has 0 radical (unpaired) electrons. The van der Waals surface area contributed by atoms with Crippen LogP contribution in [0.25, 0.3) is 5.65 Å². The fourth-order valence-corrected chi connectivity index (χ4v) is 4.08. The first-order valence-electron chi connectivity index (χ1n) is 10.3. The van der Waals surface area contributed by atoms with Crippen LogP contribution >= 0.6 is 0 Å². The van der Waals surface area contributed by atoms with Gasteiger partial charge in [0.1, 0.15) is 5.82 Å². The normalized spacial score (nSPS) is 17.1. The van der Waals surface area contributed by atoms with E-state index < -0.39 is 5.60 Å². The molecule has 30 heavy (non-hydrogen) atoms. The van der Waals surface area contributed by atoms with Gasteiger partial charge in [0.25, 0.3) is 0 Å². The third-order valence-corrected chi connectivity index (χ3v) is 5.68. The third kappa shape index (κ3) is 4.08. The Morgan fingerprint density at radius 1 is 1.27 bits per heavy atom. The maximum Gasteiger partial charge on any atom is 0.168 e. The van der Waals surface area contributed by atoms with Crippen molar-refractivity contribution in [3.63, 3.8) is 0 Å². The highest BCUT2D eigenvalue weighted by molar-refractivity contribution is 5.97. The average molecular weight is 409 g/mol. The van der Waals surface area contributed by atoms with E-state index in [-0.39, 0.29) is 12.2 Å². The van der Waals surface area contributed by atoms with E-state index in [4.69, 9.17) is 4.74 Å². The Labute approximate surface area is 176 Å². The Hall–Kier alpha value is -2.77. The zero-order valence-corrected chi connectivity index (χ0v) is 17.7. The van der Waals surface area contributed by atoms with Crippen molar-refractivity contribution in [3.8, 4) is 0 Å². The van der Waals surface area contributed by atoms with Crippen molar-refractivity contribution in [2.45, 2.75) is 44.8 Å². The van der Waals surface area contributed by atoms with Crippen LogP contribution in [0.1, 0.15) is 48.3 Å². The SMILES string of the molecule is COC[C@H]1CCCN1c1cc(CC(=O)c2ccc(C(C)(C)O)cc2)nc2ccnn12. The number of Topliss-reactive ketones (excluding diaryl/α,β-unsaturated/α-hetero) is 1. The fraction of sp³-hybridized carbons (Fsp3) is 0.435. The second kappa shape index (κ2) is 8.16. The number of ketones is 1. The summed E-state index contributed by atoms with van der Waals surface area (Å²) >= 11 is 0. The topological polar surface area (TPSA) is 80.0 Å². The van der Waals surface area contributed by atoms with Crippen molar-refractivity contribution in [1.82, 2.24) is 14.6 Å². The molecule has 1 aromatic carbocycles. The molecule has 1 saturated heterocycles. The van der Waals surface area contributed by atoms with Crippen LogP contribution in [0.15, 0.2) is 42.6 Å². The number of carbonyl (C=O) groups is 1. The van der Waals surface area contributed by atoms with Gasteiger partial charge in [0.2, 0.25) is 0 Å². The molecule has 3 heterocycles. The highest BCUT2D eigenvalue weighted by atomic mass is 16.5. The number of hydrogen-bond donors (Lipinski definition) is 1. The molecule has 1 N–H and O–H groups in total. The van der Waals surface area contributed by atoms with Crippen molar-refractivity contribution in [2.75, 3.05) is 25.2 Å². The van der Waals surface area contributed by atoms with Gasteiger partial charge in [0.15, 0.2) is 11.4 Å². The molecule has 3 aromatic rings. The number of hydrogen-bond acceptors (Lipinski definition) is 6. The molecular weight excluding hydrogens is 380 g/mol. The Morgan fingerprint density at radius 3 is 2.73 bits per heavy atom. The second-order valence-electron chi connectivity index (χ2n) is 8.39. The van der Waals surface area contributed by atoms with Crippen LogP contribution in [0, 0.1) is 0 Å². The largest absolute Gasteiger partial charge is 0.386 e. The maximum absolute atomic E-state index is 12.9. The molecule has 4 rings (SSSR count). The van der Waals surface area contributed by atoms with Crippen molar-refractivity contribution in [1.29, 1.82) is 0 Å². The van der Waals surface area contributed by atoms with E-state index >= 15 is 0 Å². The minimum Gasteiger partial charge on any atom is -0.386 e. The molecule has 7 nitrogen and oxygen atoms in total. The molecule has 1 atom stereocenters. The van der Waals surface area contributed by atoms with E-state index in [1.807, 2.05) is 16.6 Å². The van der Waals surface area contributed by atoms with Gasteiger partial charge in [0.05, 0.1) is 36.6 Å². The van der Waals surface area contributed by atoms with Gasteiger partial charge in [-0.05, 0) is 32.3 Å². The number of benzene rings is 1. The minimum absolute atomic E-state index is 0.00512. The molecule has 1 aliphatic rings. The van der Waals surface area contributed by atoms with Gasteiger partial charge in [-0.3, -0.25) is 4.79 Å². The molecule has 0 bridgehead atoms. The van der Waals surface area contributed by atoms with E-state index in [0.717, 1.165) is 42.1 Å². The molecule has 1 fully saturated rings. The first-order valence-corrected chi connectivity index (χ1v) is 10.3. The summed E-state index contributed by atoms with van der Waals surface area (Å²) in [6.45, 7) is 5.04. The monoisotopic (exact) mass is 408 g/mol. The van der Waals surface area contributed by atoms with Crippen LogP contribution < -0.4 is 4.90 Å². The minimum atomic E-state index is -0.931. The lowest BCUT2D eigenvalue weighted by atomic mass is 9.96. The number of nitrogens with zero attached hydrogens (tertiary/aromatic N) is 4. The molecule has 158 valence electrons. The summed E-state index contributed by atoms with van der Waals surface area (Å²) in [7, 11) is 1.72. The van der Waals surface area contributed by atoms with Crippen LogP contribution in [-0.2, 0) is 16.8 Å². The number of carbonyl (C=O) groups excluding carboxylic acids is 1. The lowest BCUT2D eigenvalue weighted by molar-refractivity contribution is 0.0784. The smallest absolute Gasteiger partial charge is 0.168 e. The predicted molar refractivity (Wildman–Crippen MR) is 115 cm³/mol. The van der Waals surface area contributed by atoms with E-state index in [9.17, 15) is 9.90 Å². The molecule has 2 aromatic heterocycles. The van der Waals surface area contributed by atoms with E-state index in [1.54, 1.807) is 51.4 Å². The number of fused-ring (bicyclic) bond motifs is 1. The first kappa shape index (κ1) is 20.5. The molecular formula is C23H28N4O3. The molecule has 0 aliphatic carbocycles. The van der Waals surface area contributed by atoms with Crippen LogP contribution in [-0.4, -0.2) is 51.8 Å². The predicted octanol–water partition coefficient (Wildman–Crippen LogP) is 3.00. The van der Waals surface area contributed by atoms with Gasteiger partial charge in [-0.1, -0.05) is 24.3 Å². The summed E-state index contributed by atoms with van der Waals surface area (Å²) in [4.78, 5) is 19.8. The lowest BCUT2D eigenvalue weighted by Crippen LogP contribution is -2.34. The standard InChI is InChI=1S/C23H28N4O3/c1-23(2,29)17-8-6-16(7-9-17)20(28)13-18-14-22(27-21(25-18)10-11-24-27)26-12-4-5-19(26)15-30-3/h6-11,14,19,29H,4-5,12-13,15H2,1-3H3/t19-/m1/s1. The summed E-state index contributed by atoms with van der Waals surface area (Å²) in [5.74, 6) is 0.944. The number of ether oxygens (including phenoxy) is 1. The van der Waals surface area contributed by atoms with Crippen LogP contribution in [0.4, 0.5) is 5.82 Å². The lowest BCUT2D eigenvalue weighted by Gasteiger charge is -2.26. The number of rotatable bonds is 7. The van der Waals surface area contributed by atoms with Crippen molar-refractivity contribution < 1.29 is 14.6 Å². The number of methoxy groups -OCH3 is 1. The summed E-state index contributed by atoms with van der Waals surface area (Å²) in [5, 5.41) is 14.5. The zero-order valence-electron chi connectivity index (χ0n) is 17.7. The molecule has 0 saturated carbocycles. The Bertz CT molecular complexity index is 1040. The van der Waals surface area contributed by atoms with Gasteiger partial charge in [-0.25, -0.2) is 4.98 Å². The first-order chi connectivity index (χ1) is 14.4. The Balaban J connectivity index is 1.61. The van der Waals surface area contributed by atoms with Gasteiger partial charge < -0.3 is 14.7 Å². The van der Waals surface area contributed by atoms with E-state index in [2.05, 4.69) is 15.0 Å². The number of aromatic nitrogens is 3. The summed E-state index contributed by atoms with van der Waals surface area (Å²) in [5.41, 5.74) is 1.91. The zero-order chi connectivity index (χ0) is 21.3. The van der Waals surface area contributed by atoms with Gasteiger partial charge in [-0.2, -0.15) is 9.61 Å². The van der Waals surface area contributed by atoms with Gasteiger partial charge in [0, 0.05) is 31.4 Å². The summed E-state index contributed by atoms with van der Waals surface area (Å²) in [6.07, 6.45) is 4.11. The highest BCUT2D eigenvalue weighted by Crippen LogP contribution is 2.27. The van der Waals surface area contributed by atoms with E-state index in [1.165, 1.54) is 0 Å². The number of anilines is 1. The number of aliphatic hydroxyl groups is 1. The third-order valence-electron chi connectivity index (χ3n) is 5.68. The van der Waals surface area contributed by atoms with Crippen LogP contribution in [0.2, 0.25) is 0 Å². The fourth-order valence-electron chi connectivity index (χ4n) is 4.08. The van der Waals surface area contributed by atoms with Crippen molar-refractivity contribution >= 4 is 17.2 Å².